The summed E-state index contributed by atoms with van der Waals surface area (Å²) in [6.07, 6.45) is -4.48. The van der Waals surface area contributed by atoms with Gasteiger partial charge in [-0.05, 0) is 68.1 Å². The first kappa shape index (κ1) is 19.6. The standard InChI is InChI=1S/C22H20F3N3S/c1-13-4-8-17(9-5-13)29-28-12-16-7-11-19(22(23,24)25)27-21(16)26-18-10-6-14(2)15(3)20(18)28/h4-11H,12H2,1-3H3,(H,26,27). The Morgan fingerprint density at radius 3 is 2.38 bits per heavy atom. The average Bonchev–Trinajstić information content (AvgIpc) is 2.82. The van der Waals surface area contributed by atoms with Crippen molar-refractivity contribution in [2.75, 3.05) is 9.62 Å². The highest BCUT2D eigenvalue weighted by atomic mass is 32.2. The van der Waals surface area contributed by atoms with E-state index in [1.54, 1.807) is 11.9 Å². The van der Waals surface area contributed by atoms with Gasteiger partial charge in [0.05, 0.1) is 17.9 Å². The maximum Gasteiger partial charge on any atom is 0.433 e. The van der Waals surface area contributed by atoms with Crippen LogP contribution < -0.4 is 9.62 Å². The lowest BCUT2D eigenvalue weighted by Gasteiger charge is -2.26. The molecule has 0 amide bonds. The van der Waals surface area contributed by atoms with Gasteiger partial charge < -0.3 is 9.62 Å². The molecule has 150 valence electrons. The van der Waals surface area contributed by atoms with Gasteiger partial charge >= 0.3 is 6.18 Å². The molecular weight excluding hydrogens is 395 g/mol. The first-order valence-corrected chi connectivity index (χ1v) is 9.96. The van der Waals surface area contributed by atoms with Gasteiger partial charge in [-0.2, -0.15) is 13.2 Å². The second-order valence-electron chi connectivity index (χ2n) is 7.17. The van der Waals surface area contributed by atoms with Gasteiger partial charge in [0.15, 0.2) is 0 Å². The van der Waals surface area contributed by atoms with Crippen molar-refractivity contribution in [2.24, 2.45) is 0 Å². The van der Waals surface area contributed by atoms with Crippen LogP contribution in [0.5, 0.6) is 0 Å². The van der Waals surface area contributed by atoms with Crippen LogP contribution in [0.1, 0.15) is 27.9 Å². The molecule has 7 heteroatoms. The third-order valence-electron chi connectivity index (χ3n) is 5.02. The van der Waals surface area contributed by atoms with Crippen molar-refractivity contribution in [2.45, 2.75) is 38.4 Å². The van der Waals surface area contributed by atoms with Gasteiger partial charge in [-0.3, -0.25) is 0 Å². The Hall–Kier alpha value is -2.67. The molecule has 3 nitrogen and oxygen atoms in total. The SMILES string of the molecule is Cc1ccc(SN2Cc3ccc(C(F)(F)F)nc3Nc3ccc(C)c(C)c32)cc1. The van der Waals surface area contributed by atoms with Crippen LogP contribution in [0.2, 0.25) is 0 Å². The molecule has 0 radical (unpaired) electrons. The highest BCUT2D eigenvalue weighted by Gasteiger charge is 2.34. The van der Waals surface area contributed by atoms with E-state index in [0.29, 0.717) is 12.1 Å². The fraction of sp³-hybridized carbons (Fsp3) is 0.227. The second kappa shape index (κ2) is 7.30. The number of benzene rings is 2. The molecule has 2 heterocycles. The fourth-order valence-electron chi connectivity index (χ4n) is 3.27. The normalized spacial score (nSPS) is 13.4. The van der Waals surface area contributed by atoms with E-state index in [1.165, 1.54) is 11.6 Å². The lowest BCUT2D eigenvalue weighted by atomic mass is 10.1. The first-order valence-electron chi connectivity index (χ1n) is 9.19. The molecule has 0 saturated heterocycles. The van der Waals surface area contributed by atoms with Crippen molar-refractivity contribution in [1.29, 1.82) is 0 Å². The van der Waals surface area contributed by atoms with E-state index >= 15 is 0 Å². The van der Waals surface area contributed by atoms with Crippen LogP contribution >= 0.6 is 11.9 Å². The van der Waals surface area contributed by atoms with Crippen LogP contribution in [0.25, 0.3) is 0 Å². The van der Waals surface area contributed by atoms with Crippen molar-refractivity contribution < 1.29 is 13.2 Å². The van der Waals surface area contributed by atoms with Gasteiger partial charge in [0.2, 0.25) is 0 Å². The molecule has 0 bridgehead atoms. The van der Waals surface area contributed by atoms with Crippen molar-refractivity contribution in [3.8, 4) is 0 Å². The molecule has 1 aliphatic heterocycles. The number of fused-ring (bicyclic) bond motifs is 2. The number of pyridine rings is 1. The molecule has 1 aromatic heterocycles. The Morgan fingerprint density at radius 2 is 1.69 bits per heavy atom. The van der Waals surface area contributed by atoms with Crippen molar-refractivity contribution in [3.63, 3.8) is 0 Å². The number of aryl methyl sites for hydroxylation is 2. The summed E-state index contributed by atoms with van der Waals surface area (Å²) < 4.78 is 41.6. The van der Waals surface area contributed by atoms with Gasteiger partial charge in [-0.1, -0.05) is 29.8 Å². The van der Waals surface area contributed by atoms with Crippen LogP contribution in [0, 0.1) is 20.8 Å². The van der Waals surface area contributed by atoms with Gasteiger partial charge in [-0.15, -0.1) is 0 Å². The zero-order chi connectivity index (χ0) is 20.8. The summed E-state index contributed by atoms with van der Waals surface area (Å²) in [7, 11) is 0. The monoisotopic (exact) mass is 415 g/mol. The number of nitrogens with zero attached hydrogens (tertiary/aromatic N) is 2. The highest BCUT2D eigenvalue weighted by Crippen LogP contribution is 2.44. The molecular formula is C22H20F3N3S. The number of nitrogens with one attached hydrogen (secondary N) is 1. The highest BCUT2D eigenvalue weighted by molar-refractivity contribution is 8.00. The quantitative estimate of drug-likeness (QED) is 0.466. The van der Waals surface area contributed by atoms with E-state index < -0.39 is 11.9 Å². The Morgan fingerprint density at radius 1 is 0.966 bits per heavy atom. The molecule has 0 atom stereocenters. The summed E-state index contributed by atoms with van der Waals surface area (Å²) in [5, 5.41) is 3.14. The zero-order valence-corrected chi connectivity index (χ0v) is 17.1. The van der Waals surface area contributed by atoms with Crippen LogP contribution in [-0.4, -0.2) is 4.98 Å². The van der Waals surface area contributed by atoms with E-state index in [-0.39, 0.29) is 5.82 Å². The summed E-state index contributed by atoms with van der Waals surface area (Å²) in [5.74, 6) is 0.247. The van der Waals surface area contributed by atoms with E-state index in [1.807, 2.05) is 45.0 Å². The lowest BCUT2D eigenvalue weighted by Crippen LogP contribution is -2.15. The van der Waals surface area contributed by atoms with Crippen molar-refractivity contribution in [3.05, 3.63) is 76.5 Å². The summed E-state index contributed by atoms with van der Waals surface area (Å²) in [6, 6.07) is 14.6. The van der Waals surface area contributed by atoms with Crippen molar-refractivity contribution in [1.82, 2.24) is 4.98 Å². The van der Waals surface area contributed by atoms with Gasteiger partial charge in [-0.25, -0.2) is 4.98 Å². The molecule has 2 aromatic carbocycles. The summed E-state index contributed by atoms with van der Waals surface area (Å²) >= 11 is 1.57. The Labute approximate surface area is 172 Å². The van der Waals surface area contributed by atoms with E-state index in [2.05, 4.69) is 26.7 Å². The van der Waals surface area contributed by atoms with E-state index in [0.717, 1.165) is 33.5 Å². The minimum atomic E-state index is -4.48. The first-order chi connectivity index (χ1) is 13.7. The van der Waals surface area contributed by atoms with Crippen molar-refractivity contribution >= 4 is 29.1 Å². The predicted molar refractivity (Wildman–Crippen MR) is 112 cm³/mol. The number of aromatic nitrogens is 1. The van der Waals surface area contributed by atoms with Crippen LogP contribution in [0.3, 0.4) is 0 Å². The molecule has 0 spiro atoms. The minimum Gasteiger partial charge on any atom is -0.338 e. The molecule has 1 aliphatic rings. The second-order valence-corrected chi connectivity index (χ2v) is 8.27. The number of hydrogen-bond acceptors (Lipinski definition) is 4. The predicted octanol–water partition coefficient (Wildman–Crippen LogP) is 6.80. The van der Waals surface area contributed by atoms with Crippen LogP contribution in [0.15, 0.2) is 53.4 Å². The molecule has 0 saturated carbocycles. The Kier molecular flexibility index (Phi) is 4.94. The molecule has 0 fully saturated rings. The lowest BCUT2D eigenvalue weighted by molar-refractivity contribution is -0.141. The number of hydrogen-bond donors (Lipinski definition) is 1. The molecule has 3 aromatic rings. The molecule has 0 unspecified atom stereocenters. The molecule has 29 heavy (non-hydrogen) atoms. The van der Waals surface area contributed by atoms with E-state index in [4.69, 9.17) is 0 Å². The minimum absolute atomic E-state index is 0.247. The van der Waals surface area contributed by atoms with Crippen LogP contribution in [-0.2, 0) is 12.7 Å². The molecule has 4 rings (SSSR count). The smallest absolute Gasteiger partial charge is 0.338 e. The van der Waals surface area contributed by atoms with Crippen LogP contribution in [0.4, 0.5) is 30.4 Å². The van der Waals surface area contributed by atoms with E-state index in [9.17, 15) is 13.2 Å². The van der Waals surface area contributed by atoms with Gasteiger partial charge in [0, 0.05) is 10.5 Å². The Balaban J connectivity index is 1.81. The summed E-state index contributed by atoms with van der Waals surface area (Å²) in [6.45, 7) is 6.53. The maximum atomic E-state index is 13.2. The number of alkyl halides is 3. The number of halogens is 3. The Bertz CT molecular complexity index is 1060. The summed E-state index contributed by atoms with van der Waals surface area (Å²) in [4.78, 5) is 4.94. The average molecular weight is 415 g/mol. The fourth-order valence-corrected chi connectivity index (χ4v) is 4.31. The third-order valence-corrected chi connectivity index (χ3v) is 6.04. The molecule has 1 N–H and O–H groups in total. The topological polar surface area (TPSA) is 28.2 Å². The largest absolute Gasteiger partial charge is 0.433 e. The number of anilines is 3. The van der Waals surface area contributed by atoms with Gasteiger partial charge in [0.1, 0.15) is 11.5 Å². The summed E-state index contributed by atoms with van der Waals surface area (Å²) in [5.41, 5.74) is 4.90. The van der Waals surface area contributed by atoms with Gasteiger partial charge in [0.25, 0.3) is 0 Å². The number of rotatable bonds is 2. The zero-order valence-electron chi connectivity index (χ0n) is 16.3. The maximum absolute atomic E-state index is 13.2. The molecule has 0 aliphatic carbocycles. The third kappa shape index (κ3) is 3.92.